The molecule has 2 rings (SSSR count). The fourth-order valence-corrected chi connectivity index (χ4v) is 1.77. The smallest absolute Gasteiger partial charge is 0.0654 e. The molecule has 0 saturated carbocycles. The summed E-state index contributed by atoms with van der Waals surface area (Å²) in [5.74, 6) is 0.466. The average molecular weight is 229 g/mol. The minimum atomic E-state index is 0.466. The molecular formula is C14H19N3. The molecule has 0 atom stereocenters. The van der Waals surface area contributed by atoms with Crippen molar-refractivity contribution in [3.8, 4) is 5.69 Å². The first-order chi connectivity index (χ1) is 8.20. The maximum absolute atomic E-state index is 5.53. The molecule has 0 aliphatic rings. The Kier molecular flexibility index (Phi) is 3.59. The van der Waals surface area contributed by atoms with Crippen molar-refractivity contribution in [1.29, 1.82) is 0 Å². The van der Waals surface area contributed by atoms with E-state index in [1.807, 2.05) is 10.9 Å². The van der Waals surface area contributed by atoms with Crippen LogP contribution in [0.5, 0.6) is 0 Å². The van der Waals surface area contributed by atoms with E-state index in [4.69, 9.17) is 5.73 Å². The molecule has 0 aliphatic heterocycles. The van der Waals surface area contributed by atoms with Gasteiger partial charge in [-0.05, 0) is 42.6 Å². The summed E-state index contributed by atoms with van der Waals surface area (Å²) >= 11 is 0. The van der Waals surface area contributed by atoms with E-state index in [2.05, 4.69) is 49.3 Å². The van der Waals surface area contributed by atoms with Gasteiger partial charge in [-0.3, -0.25) is 0 Å². The van der Waals surface area contributed by atoms with Crippen LogP contribution in [-0.2, 0) is 6.42 Å². The van der Waals surface area contributed by atoms with E-state index >= 15 is 0 Å². The van der Waals surface area contributed by atoms with Crippen LogP contribution in [0.4, 0.5) is 0 Å². The maximum atomic E-state index is 5.53. The highest BCUT2D eigenvalue weighted by atomic mass is 15.3. The summed E-state index contributed by atoms with van der Waals surface area (Å²) in [6.45, 7) is 4.99. The van der Waals surface area contributed by atoms with E-state index < -0.39 is 0 Å². The van der Waals surface area contributed by atoms with Gasteiger partial charge in [0.15, 0.2) is 0 Å². The van der Waals surface area contributed by atoms with Crippen LogP contribution in [0.15, 0.2) is 36.5 Å². The fraction of sp³-hybridized carbons (Fsp3) is 0.357. The lowest BCUT2D eigenvalue weighted by Gasteiger charge is -2.04. The summed E-state index contributed by atoms with van der Waals surface area (Å²) < 4.78 is 1.92. The van der Waals surface area contributed by atoms with Gasteiger partial charge in [0.1, 0.15) is 0 Å². The fourth-order valence-electron chi connectivity index (χ4n) is 1.77. The van der Waals surface area contributed by atoms with E-state index in [9.17, 15) is 0 Å². The van der Waals surface area contributed by atoms with Crippen molar-refractivity contribution in [2.75, 3.05) is 6.54 Å². The Labute approximate surface area is 102 Å². The molecule has 0 bridgehead atoms. The van der Waals surface area contributed by atoms with E-state index in [1.165, 1.54) is 5.56 Å². The van der Waals surface area contributed by atoms with Gasteiger partial charge in [-0.2, -0.15) is 5.10 Å². The lowest BCUT2D eigenvalue weighted by molar-refractivity contribution is 0.768. The minimum Gasteiger partial charge on any atom is -0.330 e. The van der Waals surface area contributed by atoms with Crippen LogP contribution in [0.25, 0.3) is 5.69 Å². The Bertz CT molecular complexity index is 468. The van der Waals surface area contributed by atoms with Gasteiger partial charge in [0.2, 0.25) is 0 Å². The van der Waals surface area contributed by atoms with Gasteiger partial charge in [0.25, 0.3) is 0 Å². The topological polar surface area (TPSA) is 43.8 Å². The first-order valence-electron chi connectivity index (χ1n) is 6.05. The van der Waals surface area contributed by atoms with Gasteiger partial charge in [-0.25, -0.2) is 4.68 Å². The minimum absolute atomic E-state index is 0.466. The quantitative estimate of drug-likeness (QED) is 0.875. The molecule has 0 amide bonds. The summed E-state index contributed by atoms with van der Waals surface area (Å²) in [4.78, 5) is 0. The third kappa shape index (κ3) is 2.74. The molecule has 1 heterocycles. The largest absolute Gasteiger partial charge is 0.330 e. The second kappa shape index (κ2) is 5.15. The standard InChI is InChI=1S/C14H19N3/c1-11(2)14-8-10-17(16-14)13-5-3-12(4-6-13)7-9-15/h3-6,8,10-11H,7,9,15H2,1-2H3. The molecule has 0 unspecified atom stereocenters. The van der Waals surface area contributed by atoms with Crippen molar-refractivity contribution in [2.24, 2.45) is 5.73 Å². The normalized spacial score (nSPS) is 11.1. The van der Waals surface area contributed by atoms with Crippen LogP contribution in [0, 0.1) is 0 Å². The van der Waals surface area contributed by atoms with Gasteiger partial charge in [-0.1, -0.05) is 26.0 Å². The molecule has 0 aliphatic carbocycles. The average Bonchev–Trinajstić information content (AvgIpc) is 2.80. The van der Waals surface area contributed by atoms with E-state index in [-0.39, 0.29) is 0 Å². The second-order valence-electron chi connectivity index (χ2n) is 4.54. The molecule has 0 fully saturated rings. The Balaban J connectivity index is 2.21. The second-order valence-corrected chi connectivity index (χ2v) is 4.54. The Morgan fingerprint density at radius 3 is 2.41 bits per heavy atom. The molecule has 1 aromatic heterocycles. The highest BCUT2D eigenvalue weighted by Gasteiger charge is 2.04. The monoisotopic (exact) mass is 229 g/mol. The number of aromatic nitrogens is 2. The lowest BCUT2D eigenvalue weighted by Crippen LogP contribution is -2.03. The van der Waals surface area contributed by atoms with Crippen molar-refractivity contribution in [1.82, 2.24) is 9.78 Å². The molecule has 3 nitrogen and oxygen atoms in total. The maximum Gasteiger partial charge on any atom is 0.0654 e. The summed E-state index contributed by atoms with van der Waals surface area (Å²) in [5, 5.41) is 4.55. The SMILES string of the molecule is CC(C)c1ccn(-c2ccc(CCN)cc2)n1. The lowest BCUT2D eigenvalue weighted by atomic mass is 10.1. The Hall–Kier alpha value is -1.61. The van der Waals surface area contributed by atoms with Gasteiger partial charge in [0.05, 0.1) is 11.4 Å². The first kappa shape index (κ1) is 11.9. The number of hydrogen-bond acceptors (Lipinski definition) is 2. The third-order valence-corrected chi connectivity index (χ3v) is 2.84. The zero-order chi connectivity index (χ0) is 12.3. The van der Waals surface area contributed by atoms with Gasteiger partial charge < -0.3 is 5.73 Å². The van der Waals surface area contributed by atoms with Gasteiger partial charge in [0, 0.05) is 6.20 Å². The van der Waals surface area contributed by atoms with Crippen LogP contribution in [0.3, 0.4) is 0 Å². The molecule has 2 aromatic rings. The van der Waals surface area contributed by atoms with E-state index in [1.54, 1.807) is 0 Å². The molecule has 90 valence electrons. The predicted octanol–water partition coefficient (Wildman–Crippen LogP) is 2.50. The first-order valence-corrected chi connectivity index (χ1v) is 6.05. The Morgan fingerprint density at radius 2 is 1.88 bits per heavy atom. The van der Waals surface area contributed by atoms with E-state index in [0.717, 1.165) is 17.8 Å². The van der Waals surface area contributed by atoms with Crippen molar-refractivity contribution >= 4 is 0 Å². The number of nitrogens with two attached hydrogens (primary N) is 1. The van der Waals surface area contributed by atoms with E-state index in [0.29, 0.717) is 12.5 Å². The molecule has 0 radical (unpaired) electrons. The van der Waals surface area contributed by atoms with Crippen LogP contribution in [0.1, 0.15) is 31.0 Å². The van der Waals surface area contributed by atoms with Crippen molar-refractivity contribution in [3.63, 3.8) is 0 Å². The number of nitrogens with zero attached hydrogens (tertiary/aromatic N) is 2. The summed E-state index contributed by atoms with van der Waals surface area (Å²) in [6.07, 6.45) is 2.93. The molecule has 1 aromatic carbocycles. The van der Waals surface area contributed by atoms with Crippen LogP contribution >= 0.6 is 0 Å². The third-order valence-electron chi connectivity index (χ3n) is 2.84. The number of hydrogen-bond donors (Lipinski definition) is 1. The predicted molar refractivity (Wildman–Crippen MR) is 70.4 cm³/mol. The van der Waals surface area contributed by atoms with Crippen molar-refractivity contribution < 1.29 is 0 Å². The highest BCUT2D eigenvalue weighted by Crippen LogP contribution is 2.14. The molecular weight excluding hydrogens is 210 g/mol. The molecule has 0 spiro atoms. The van der Waals surface area contributed by atoms with Crippen LogP contribution in [-0.4, -0.2) is 16.3 Å². The van der Waals surface area contributed by atoms with Gasteiger partial charge >= 0.3 is 0 Å². The summed E-state index contributed by atoms with van der Waals surface area (Å²) in [6, 6.07) is 10.5. The molecule has 2 N–H and O–H groups in total. The van der Waals surface area contributed by atoms with Gasteiger partial charge in [-0.15, -0.1) is 0 Å². The summed E-state index contributed by atoms with van der Waals surface area (Å²) in [5.41, 5.74) is 9.02. The molecule has 0 saturated heterocycles. The van der Waals surface area contributed by atoms with Crippen LogP contribution < -0.4 is 5.73 Å². The zero-order valence-corrected chi connectivity index (χ0v) is 10.4. The molecule has 3 heteroatoms. The highest BCUT2D eigenvalue weighted by molar-refractivity contribution is 5.34. The zero-order valence-electron chi connectivity index (χ0n) is 10.4. The summed E-state index contributed by atoms with van der Waals surface area (Å²) in [7, 11) is 0. The number of rotatable bonds is 4. The molecule has 17 heavy (non-hydrogen) atoms. The number of benzene rings is 1. The van der Waals surface area contributed by atoms with Crippen molar-refractivity contribution in [3.05, 3.63) is 47.8 Å². The Morgan fingerprint density at radius 1 is 1.18 bits per heavy atom. The van der Waals surface area contributed by atoms with Crippen molar-refractivity contribution in [2.45, 2.75) is 26.2 Å². The van der Waals surface area contributed by atoms with Crippen LogP contribution in [0.2, 0.25) is 0 Å².